The first-order valence-electron chi connectivity index (χ1n) is 8.34. The summed E-state index contributed by atoms with van der Waals surface area (Å²) < 4.78 is 0. The zero-order chi connectivity index (χ0) is 13.6. The Morgan fingerprint density at radius 1 is 0.667 bits per heavy atom. The van der Waals surface area contributed by atoms with Gasteiger partial charge in [0.15, 0.2) is 0 Å². The van der Waals surface area contributed by atoms with Crippen LogP contribution in [0.2, 0.25) is 0 Å². The SMILES string of the molecule is CCCCCCCCCCCC(O)CCC(C)C. The van der Waals surface area contributed by atoms with Gasteiger partial charge in [-0.15, -0.1) is 0 Å². The first kappa shape index (κ1) is 18.0. The highest BCUT2D eigenvalue weighted by molar-refractivity contribution is 4.58. The maximum Gasteiger partial charge on any atom is 0.0540 e. The molecule has 110 valence electrons. The molecule has 0 heterocycles. The maximum absolute atomic E-state index is 9.80. The van der Waals surface area contributed by atoms with Crippen molar-refractivity contribution in [3.05, 3.63) is 0 Å². The lowest BCUT2D eigenvalue weighted by Crippen LogP contribution is -2.07. The molecule has 1 N–H and O–H groups in total. The summed E-state index contributed by atoms with van der Waals surface area (Å²) in [5.74, 6) is 0.725. The average Bonchev–Trinajstić information content (AvgIpc) is 2.34. The van der Waals surface area contributed by atoms with Crippen LogP contribution in [-0.2, 0) is 0 Å². The standard InChI is InChI=1S/C17H36O/c1-4-5-6-7-8-9-10-11-12-13-17(18)15-14-16(2)3/h16-18H,4-15H2,1-3H3. The van der Waals surface area contributed by atoms with Crippen LogP contribution in [0.1, 0.15) is 97.8 Å². The predicted molar refractivity (Wildman–Crippen MR) is 81.9 cm³/mol. The molecular weight excluding hydrogens is 220 g/mol. The molecule has 1 unspecified atom stereocenters. The van der Waals surface area contributed by atoms with Crippen molar-refractivity contribution in [2.75, 3.05) is 0 Å². The van der Waals surface area contributed by atoms with Crippen LogP contribution in [0, 0.1) is 5.92 Å². The lowest BCUT2D eigenvalue weighted by molar-refractivity contribution is 0.143. The van der Waals surface area contributed by atoms with Gasteiger partial charge in [0, 0.05) is 0 Å². The molecule has 0 radical (unpaired) electrons. The van der Waals surface area contributed by atoms with E-state index in [4.69, 9.17) is 0 Å². The van der Waals surface area contributed by atoms with Crippen LogP contribution in [0.25, 0.3) is 0 Å². The third-order valence-electron chi connectivity index (χ3n) is 3.72. The van der Waals surface area contributed by atoms with E-state index in [2.05, 4.69) is 20.8 Å². The molecule has 0 aromatic rings. The molecule has 0 fully saturated rings. The summed E-state index contributed by atoms with van der Waals surface area (Å²) in [6, 6.07) is 0. The molecule has 0 aliphatic rings. The summed E-state index contributed by atoms with van der Waals surface area (Å²) in [7, 11) is 0. The van der Waals surface area contributed by atoms with Gasteiger partial charge in [0.2, 0.25) is 0 Å². The van der Waals surface area contributed by atoms with E-state index in [9.17, 15) is 5.11 Å². The normalized spacial score (nSPS) is 13.2. The topological polar surface area (TPSA) is 20.2 Å². The molecule has 1 atom stereocenters. The van der Waals surface area contributed by atoms with Crippen LogP contribution in [0.4, 0.5) is 0 Å². The van der Waals surface area contributed by atoms with Crippen LogP contribution in [0.5, 0.6) is 0 Å². The quantitative estimate of drug-likeness (QED) is 0.419. The second-order valence-electron chi connectivity index (χ2n) is 6.24. The van der Waals surface area contributed by atoms with Crippen molar-refractivity contribution < 1.29 is 5.11 Å². The molecule has 0 aromatic heterocycles. The van der Waals surface area contributed by atoms with Crippen molar-refractivity contribution >= 4 is 0 Å². The van der Waals surface area contributed by atoms with Crippen molar-refractivity contribution in [1.82, 2.24) is 0 Å². The molecule has 0 aliphatic heterocycles. The largest absolute Gasteiger partial charge is 0.393 e. The highest BCUT2D eigenvalue weighted by atomic mass is 16.3. The highest BCUT2D eigenvalue weighted by Gasteiger charge is 2.04. The van der Waals surface area contributed by atoms with Crippen molar-refractivity contribution in [3.8, 4) is 0 Å². The van der Waals surface area contributed by atoms with Gasteiger partial charge >= 0.3 is 0 Å². The van der Waals surface area contributed by atoms with Crippen molar-refractivity contribution in [2.45, 2.75) is 104 Å². The number of hydrogen-bond donors (Lipinski definition) is 1. The van der Waals surface area contributed by atoms with Crippen molar-refractivity contribution in [2.24, 2.45) is 5.92 Å². The van der Waals surface area contributed by atoms with Crippen LogP contribution in [0.3, 0.4) is 0 Å². The fourth-order valence-electron chi connectivity index (χ4n) is 2.36. The van der Waals surface area contributed by atoms with E-state index in [1.165, 1.54) is 64.2 Å². The summed E-state index contributed by atoms with van der Waals surface area (Å²) in [5.41, 5.74) is 0. The van der Waals surface area contributed by atoms with Crippen molar-refractivity contribution in [1.29, 1.82) is 0 Å². The Kier molecular flexibility index (Phi) is 13.4. The summed E-state index contributed by atoms with van der Waals surface area (Å²) >= 11 is 0. The first-order chi connectivity index (χ1) is 8.66. The molecule has 0 saturated carbocycles. The van der Waals surface area contributed by atoms with Crippen LogP contribution in [0.15, 0.2) is 0 Å². The van der Waals surface area contributed by atoms with E-state index in [1.54, 1.807) is 0 Å². The molecule has 1 heteroatoms. The Morgan fingerprint density at radius 3 is 1.67 bits per heavy atom. The minimum atomic E-state index is -0.0445. The van der Waals surface area contributed by atoms with Gasteiger partial charge in [0.05, 0.1) is 6.10 Å². The summed E-state index contributed by atoms with van der Waals surface area (Å²) in [6.07, 6.45) is 15.4. The van der Waals surface area contributed by atoms with E-state index in [0.29, 0.717) is 0 Å². The van der Waals surface area contributed by atoms with Gasteiger partial charge in [0.25, 0.3) is 0 Å². The van der Waals surface area contributed by atoms with E-state index in [0.717, 1.165) is 18.8 Å². The van der Waals surface area contributed by atoms with Gasteiger partial charge < -0.3 is 5.11 Å². The average molecular weight is 256 g/mol. The maximum atomic E-state index is 9.80. The number of aliphatic hydroxyl groups excluding tert-OH is 1. The minimum Gasteiger partial charge on any atom is -0.393 e. The van der Waals surface area contributed by atoms with Gasteiger partial charge in [0.1, 0.15) is 0 Å². The monoisotopic (exact) mass is 256 g/mol. The lowest BCUT2D eigenvalue weighted by atomic mass is 10.0. The predicted octanol–water partition coefficient (Wildman–Crippen LogP) is 5.70. The number of rotatable bonds is 13. The molecule has 0 aliphatic carbocycles. The first-order valence-corrected chi connectivity index (χ1v) is 8.34. The van der Waals surface area contributed by atoms with Gasteiger partial charge in [-0.2, -0.15) is 0 Å². The van der Waals surface area contributed by atoms with Crippen molar-refractivity contribution in [3.63, 3.8) is 0 Å². The summed E-state index contributed by atoms with van der Waals surface area (Å²) in [5, 5.41) is 9.80. The minimum absolute atomic E-state index is 0.0445. The smallest absolute Gasteiger partial charge is 0.0540 e. The zero-order valence-electron chi connectivity index (χ0n) is 13.1. The third-order valence-corrected chi connectivity index (χ3v) is 3.72. The Morgan fingerprint density at radius 2 is 1.17 bits per heavy atom. The Hall–Kier alpha value is -0.0400. The van der Waals surface area contributed by atoms with E-state index >= 15 is 0 Å². The number of unbranched alkanes of at least 4 members (excludes halogenated alkanes) is 8. The molecule has 0 rings (SSSR count). The molecule has 1 nitrogen and oxygen atoms in total. The number of hydrogen-bond acceptors (Lipinski definition) is 1. The van der Waals surface area contributed by atoms with Crippen LogP contribution in [-0.4, -0.2) is 11.2 Å². The lowest BCUT2D eigenvalue weighted by Gasteiger charge is -2.11. The molecular formula is C17H36O. The van der Waals surface area contributed by atoms with E-state index < -0.39 is 0 Å². The fourth-order valence-corrected chi connectivity index (χ4v) is 2.36. The van der Waals surface area contributed by atoms with E-state index in [-0.39, 0.29) is 6.10 Å². The third kappa shape index (κ3) is 14.0. The van der Waals surface area contributed by atoms with E-state index in [1.807, 2.05) is 0 Å². The van der Waals surface area contributed by atoms with Gasteiger partial charge in [-0.25, -0.2) is 0 Å². The molecule has 0 saturated heterocycles. The Bertz CT molecular complexity index is 154. The van der Waals surface area contributed by atoms with Gasteiger partial charge in [-0.1, -0.05) is 78.6 Å². The Labute approximate surface area is 115 Å². The molecule has 18 heavy (non-hydrogen) atoms. The summed E-state index contributed by atoms with van der Waals surface area (Å²) in [6.45, 7) is 6.72. The van der Waals surface area contributed by atoms with Crippen LogP contribution >= 0.6 is 0 Å². The zero-order valence-corrected chi connectivity index (χ0v) is 13.1. The van der Waals surface area contributed by atoms with Gasteiger partial charge in [-0.3, -0.25) is 0 Å². The molecule has 0 bridgehead atoms. The Balaban J connectivity index is 3.10. The summed E-state index contributed by atoms with van der Waals surface area (Å²) in [4.78, 5) is 0. The number of aliphatic hydroxyl groups is 1. The second kappa shape index (κ2) is 13.4. The fraction of sp³-hybridized carbons (Fsp3) is 1.00. The van der Waals surface area contributed by atoms with Crippen LogP contribution < -0.4 is 0 Å². The molecule has 0 spiro atoms. The molecule has 0 aromatic carbocycles. The highest BCUT2D eigenvalue weighted by Crippen LogP contribution is 2.14. The molecule has 0 amide bonds. The van der Waals surface area contributed by atoms with Gasteiger partial charge in [-0.05, 0) is 25.2 Å². The second-order valence-corrected chi connectivity index (χ2v) is 6.24.